The monoisotopic (exact) mass is 194 g/mol. The molecule has 14 heavy (non-hydrogen) atoms. The molecule has 0 amide bonds. The maximum Gasteiger partial charge on any atom is 0.127 e. The smallest absolute Gasteiger partial charge is 0.127 e. The van der Waals surface area contributed by atoms with Gasteiger partial charge in [0.2, 0.25) is 0 Å². The minimum atomic E-state index is 0.229. The highest BCUT2D eigenvalue weighted by Gasteiger charge is 2.32. The van der Waals surface area contributed by atoms with Gasteiger partial charge in [0.1, 0.15) is 5.82 Å². The van der Waals surface area contributed by atoms with Gasteiger partial charge >= 0.3 is 0 Å². The number of likely N-dealkylation sites (N-methyl/N-ethyl adjacent to an activating group) is 1. The maximum absolute atomic E-state index is 6.09. The van der Waals surface area contributed by atoms with Crippen LogP contribution in [0.2, 0.25) is 0 Å². The number of rotatable bonds is 2. The van der Waals surface area contributed by atoms with E-state index in [9.17, 15) is 0 Å². The first-order chi connectivity index (χ1) is 6.74. The summed E-state index contributed by atoms with van der Waals surface area (Å²) in [4.78, 5) is 6.70. The van der Waals surface area contributed by atoms with Crippen LogP contribution in [0, 0.1) is 0 Å². The average molecular weight is 194 g/mol. The van der Waals surface area contributed by atoms with E-state index in [0.29, 0.717) is 6.04 Å². The van der Waals surface area contributed by atoms with E-state index in [2.05, 4.69) is 28.4 Å². The van der Waals surface area contributed by atoms with Crippen molar-refractivity contribution in [2.75, 3.05) is 13.6 Å². The van der Waals surface area contributed by atoms with Gasteiger partial charge in [-0.05, 0) is 20.4 Å². The topological polar surface area (TPSA) is 47.1 Å². The van der Waals surface area contributed by atoms with E-state index in [-0.39, 0.29) is 6.04 Å². The molecule has 0 saturated carbocycles. The van der Waals surface area contributed by atoms with Crippen LogP contribution in [0.5, 0.6) is 0 Å². The van der Waals surface area contributed by atoms with Gasteiger partial charge in [-0.25, -0.2) is 4.98 Å². The lowest BCUT2D eigenvalue weighted by atomic mass is 10.1. The zero-order chi connectivity index (χ0) is 10.1. The number of aromatic nitrogens is 2. The molecule has 4 nitrogen and oxygen atoms in total. The number of imidazole rings is 1. The van der Waals surface area contributed by atoms with E-state index in [1.807, 2.05) is 12.4 Å². The zero-order valence-electron chi connectivity index (χ0n) is 8.85. The minimum absolute atomic E-state index is 0.229. The fourth-order valence-electron chi connectivity index (χ4n) is 2.22. The molecule has 0 bridgehead atoms. The first-order valence-corrected chi connectivity index (χ1v) is 5.21. The molecule has 4 heteroatoms. The lowest BCUT2D eigenvalue weighted by Crippen LogP contribution is -2.31. The summed E-state index contributed by atoms with van der Waals surface area (Å²) in [6, 6.07) is 0.526. The summed E-state index contributed by atoms with van der Waals surface area (Å²) in [5, 5.41) is 0. The Labute approximate surface area is 84.7 Å². The largest absolute Gasteiger partial charge is 0.334 e. The molecule has 1 aromatic heterocycles. The Bertz CT molecular complexity index is 297. The van der Waals surface area contributed by atoms with Crippen LogP contribution < -0.4 is 5.73 Å². The van der Waals surface area contributed by atoms with Crippen molar-refractivity contribution >= 4 is 0 Å². The van der Waals surface area contributed by atoms with Crippen LogP contribution in [0.4, 0.5) is 0 Å². The highest BCUT2D eigenvalue weighted by atomic mass is 15.2. The minimum Gasteiger partial charge on any atom is -0.334 e. The first-order valence-electron chi connectivity index (χ1n) is 5.21. The Morgan fingerprint density at radius 2 is 2.43 bits per heavy atom. The molecule has 0 spiro atoms. The second-order valence-corrected chi connectivity index (χ2v) is 3.95. The van der Waals surface area contributed by atoms with Gasteiger partial charge in [0.25, 0.3) is 0 Å². The third-order valence-corrected chi connectivity index (χ3v) is 3.05. The van der Waals surface area contributed by atoms with E-state index in [1.165, 1.54) is 0 Å². The number of aryl methyl sites for hydroxylation is 1. The molecule has 1 saturated heterocycles. The maximum atomic E-state index is 6.09. The van der Waals surface area contributed by atoms with Crippen molar-refractivity contribution in [2.45, 2.75) is 32.0 Å². The lowest BCUT2D eigenvalue weighted by Gasteiger charge is -2.22. The Morgan fingerprint density at radius 1 is 1.64 bits per heavy atom. The van der Waals surface area contributed by atoms with Gasteiger partial charge in [-0.2, -0.15) is 0 Å². The van der Waals surface area contributed by atoms with Crippen molar-refractivity contribution in [1.82, 2.24) is 14.5 Å². The molecule has 78 valence electrons. The van der Waals surface area contributed by atoms with Gasteiger partial charge in [0.15, 0.2) is 0 Å². The van der Waals surface area contributed by atoms with Crippen molar-refractivity contribution in [3.63, 3.8) is 0 Å². The van der Waals surface area contributed by atoms with Gasteiger partial charge in [0, 0.05) is 31.5 Å². The van der Waals surface area contributed by atoms with Gasteiger partial charge in [-0.15, -0.1) is 0 Å². The van der Waals surface area contributed by atoms with E-state index in [1.54, 1.807) is 0 Å². The third-order valence-electron chi connectivity index (χ3n) is 3.05. The molecule has 2 unspecified atom stereocenters. The SMILES string of the molecule is CCn1ccnc1C1C(N)CCN1C. The Balaban J connectivity index is 2.29. The second-order valence-electron chi connectivity index (χ2n) is 3.95. The van der Waals surface area contributed by atoms with E-state index >= 15 is 0 Å². The fraction of sp³-hybridized carbons (Fsp3) is 0.700. The van der Waals surface area contributed by atoms with Crippen molar-refractivity contribution < 1.29 is 0 Å². The zero-order valence-corrected chi connectivity index (χ0v) is 8.85. The number of likely N-dealkylation sites (tertiary alicyclic amines) is 1. The van der Waals surface area contributed by atoms with Crippen molar-refractivity contribution in [2.24, 2.45) is 5.73 Å². The van der Waals surface area contributed by atoms with E-state index in [4.69, 9.17) is 5.73 Å². The van der Waals surface area contributed by atoms with Crippen molar-refractivity contribution in [3.05, 3.63) is 18.2 Å². The molecular formula is C10H18N4. The van der Waals surface area contributed by atoms with Crippen LogP contribution >= 0.6 is 0 Å². The summed E-state index contributed by atoms with van der Waals surface area (Å²) in [6.45, 7) is 4.17. The summed E-state index contributed by atoms with van der Waals surface area (Å²) < 4.78 is 2.17. The standard InChI is InChI=1S/C10H18N4/c1-3-14-7-5-12-10(14)9-8(11)4-6-13(9)2/h5,7-9H,3-4,6,11H2,1-2H3. The van der Waals surface area contributed by atoms with E-state index < -0.39 is 0 Å². The van der Waals surface area contributed by atoms with Gasteiger partial charge in [-0.1, -0.05) is 0 Å². The van der Waals surface area contributed by atoms with Gasteiger partial charge < -0.3 is 10.3 Å². The molecule has 2 N–H and O–H groups in total. The highest BCUT2D eigenvalue weighted by molar-refractivity contribution is 5.06. The summed E-state index contributed by atoms with van der Waals surface area (Å²) in [5.74, 6) is 1.11. The van der Waals surface area contributed by atoms with Crippen LogP contribution in [0.1, 0.15) is 25.2 Å². The molecule has 2 heterocycles. The predicted octanol–water partition coefficient (Wildman–Crippen LogP) is 0.607. The number of nitrogens with two attached hydrogens (primary N) is 1. The van der Waals surface area contributed by atoms with Crippen LogP contribution in [0.3, 0.4) is 0 Å². The van der Waals surface area contributed by atoms with Crippen LogP contribution in [0.25, 0.3) is 0 Å². The second kappa shape index (κ2) is 3.71. The average Bonchev–Trinajstić information content (AvgIpc) is 2.73. The van der Waals surface area contributed by atoms with Crippen molar-refractivity contribution in [3.8, 4) is 0 Å². The Hall–Kier alpha value is -0.870. The van der Waals surface area contributed by atoms with Crippen LogP contribution in [0.15, 0.2) is 12.4 Å². The molecule has 1 aromatic rings. The van der Waals surface area contributed by atoms with E-state index in [0.717, 1.165) is 25.3 Å². The molecule has 0 aliphatic carbocycles. The molecule has 0 radical (unpaired) electrons. The fourth-order valence-corrected chi connectivity index (χ4v) is 2.22. The van der Waals surface area contributed by atoms with Gasteiger partial charge in [0.05, 0.1) is 6.04 Å². The normalized spacial score (nSPS) is 28.5. The molecule has 2 atom stereocenters. The number of hydrogen-bond acceptors (Lipinski definition) is 3. The Kier molecular flexibility index (Phi) is 2.56. The Morgan fingerprint density at radius 3 is 3.00 bits per heavy atom. The highest BCUT2D eigenvalue weighted by Crippen LogP contribution is 2.28. The summed E-state index contributed by atoms with van der Waals surface area (Å²) >= 11 is 0. The molecule has 2 rings (SSSR count). The molecule has 0 aromatic carbocycles. The first kappa shape index (κ1) is 9.68. The lowest BCUT2D eigenvalue weighted by molar-refractivity contribution is 0.285. The molecule has 1 aliphatic heterocycles. The van der Waals surface area contributed by atoms with Crippen LogP contribution in [-0.4, -0.2) is 34.1 Å². The number of nitrogens with zero attached hydrogens (tertiary/aromatic N) is 3. The number of hydrogen-bond donors (Lipinski definition) is 1. The summed E-state index contributed by atoms with van der Waals surface area (Å²) in [6.07, 6.45) is 4.95. The summed E-state index contributed by atoms with van der Waals surface area (Å²) in [7, 11) is 2.12. The molecular weight excluding hydrogens is 176 g/mol. The third kappa shape index (κ3) is 1.44. The molecule has 1 fully saturated rings. The molecule has 1 aliphatic rings. The predicted molar refractivity (Wildman–Crippen MR) is 55.9 cm³/mol. The summed E-state index contributed by atoms with van der Waals surface area (Å²) in [5.41, 5.74) is 6.09. The van der Waals surface area contributed by atoms with Crippen LogP contribution in [-0.2, 0) is 6.54 Å². The van der Waals surface area contributed by atoms with Gasteiger partial charge in [-0.3, -0.25) is 4.90 Å². The van der Waals surface area contributed by atoms with Crippen molar-refractivity contribution in [1.29, 1.82) is 0 Å². The quantitative estimate of drug-likeness (QED) is 0.750.